The summed E-state index contributed by atoms with van der Waals surface area (Å²) in [5.41, 5.74) is 1.39. The summed E-state index contributed by atoms with van der Waals surface area (Å²) in [6, 6.07) is 11.2. The summed E-state index contributed by atoms with van der Waals surface area (Å²) in [4.78, 5) is 17.9. The van der Waals surface area contributed by atoms with Crippen LogP contribution in [0.3, 0.4) is 0 Å². The van der Waals surface area contributed by atoms with Crippen LogP contribution in [-0.2, 0) is 11.3 Å². The summed E-state index contributed by atoms with van der Waals surface area (Å²) in [5.74, 6) is 2.75. The van der Waals surface area contributed by atoms with Crippen LogP contribution >= 0.6 is 24.8 Å². The van der Waals surface area contributed by atoms with Crippen molar-refractivity contribution in [1.82, 2.24) is 15.1 Å². The maximum atomic E-state index is 13.1. The van der Waals surface area contributed by atoms with E-state index in [9.17, 15) is 4.79 Å². The van der Waals surface area contributed by atoms with E-state index >= 15 is 0 Å². The quantitative estimate of drug-likeness (QED) is 0.850. The van der Waals surface area contributed by atoms with Crippen molar-refractivity contribution in [3.63, 3.8) is 0 Å². The number of piperidine rings is 2. The molecule has 5 aliphatic rings. The zero-order valence-corrected chi connectivity index (χ0v) is 16.7. The fourth-order valence-electron chi connectivity index (χ4n) is 5.40. The van der Waals surface area contributed by atoms with E-state index < -0.39 is 0 Å². The van der Waals surface area contributed by atoms with E-state index in [1.54, 1.807) is 0 Å². The Bertz CT molecular complexity index is 619. The predicted molar refractivity (Wildman–Crippen MR) is 108 cm³/mol. The number of fused-ring (bicyclic) bond motifs is 5. The smallest absolute Gasteiger partial charge is 0.226 e. The van der Waals surface area contributed by atoms with Crippen molar-refractivity contribution in [2.24, 2.45) is 23.7 Å². The van der Waals surface area contributed by atoms with E-state index in [0.29, 0.717) is 35.6 Å². The van der Waals surface area contributed by atoms with Crippen molar-refractivity contribution in [1.29, 1.82) is 0 Å². The molecule has 0 radical (unpaired) electrons. The molecule has 1 N–H and O–H groups in total. The summed E-state index contributed by atoms with van der Waals surface area (Å²) >= 11 is 0. The molecular weight excluding hydrogens is 369 g/mol. The van der Waals surface area contributed by atoms with Crippen LogP contribution in [0, 0.1) is 23.7 Å². The molecule has 1 aliphatic carbocycles. The molecule has 26 heavy (non-hydrogen) atoms. The lowest BCUT2D eigenvalue weighted by Crippen LogP contribution is -2.48. The first-order chi connectivity index (χ1) is 11.8. The first kappa shape index (κ1) is 19.9. The number of hydrogen-bond acceptors (Lipinski definition) is 3. The third kappa shape index (κ3) is 3.62. The number of carbonyl (C=O) groups excluding carboxylic acids is 1. The normalized spacial score (nSPS) is 35.1. The highest BCUT2D eigenvalue weighted by molar-refractivity contribution is 5.85. The van der Waals surface area contributed by atoms with Crippen LogP contribution in [0.2, 0.25) is 0 Å². The van der Waals surface area contributed by atoms with E-state index in [-0.39, 0.29) is 24.8 Å². The fourth-order valence-corrected chi connectivity index (χ4v) is 5.40. The third-order valence-electron chi connectivity index (χ3n) is 6.70. The van der Waals surface area contributed by atoms with Gasteiger partial charge in [0.05, 0.1) is 0 Å². The van der Waals surface area contributed by atoms with Crippen LogP contribution in [0.4, 0.5) is 0 Å². The monoisotopic (exact) mass is 397 g/mol. The molecule has 1 unspecified atom stereocenters. The second kappa shape index (κ2) is 8.05. The topological polar surface area (TPSA) is 35.6 Å². The van der Waals surface area contributed by atoms with E-state index in [1.807, 2.05) is 0 Å². The maximum Gasteiger partial charge on any atom is 0.226 e. The molecule has 5 atom stereocenters. The molecule has 4 aliphatic heterocycles. The average molecular weight is 398 g/mol. The van der Waals surface area contributed by atoms with Crippen molar-refractivity contribution in [3.05, 3.63) is 35.9 Å². The number of hydrogen-bond donors (Lipinski definition) is 1. The van der Waals surface area contributed by atoms with Crippen molar-refractivity contribution >= 4 is 30.7 Å². The van der Waals surface area contributed by atoms with Crippen LogP contribution in [0.25, 0.3) is 0 Å². The summed E-state index contributed by atoms with van der Waals surface area (Å²) < 4.78 is 0. The molecule has 1 amide bonds. The standard InChI is InChI=1S/C20H27N3O.2ClH/c24-20(19-17-8-21-9-18(17)19)23-12-15-6-7-16(23)13-22(11-15)10-14-4-2-1-3-5-14;;/h1-5,15-19,21H,6-13H2;2*1H/t15-,16+,17-,18+,19?;;/m0../s1. The largest absolute Gasteiger partial charge is 0.338 e. The second-order valence-corrected chi connectivity index (χ2v) is 8.28. The molecule has 1 aromatic rings. The molecule has 5 fully saturated rings. The molecule has 144 valence electrons. The van der Waals surface area contributed by atoms with Gasteiger partial charge >= 0.3 is 0 Å². The Hall–Kier alpha value is -0.810. The Kier molecular flexibility index (Phi) is 6.18. The second-order valence-electron chi connectivity index (χ2n) is 8.28. The van der Waals surface area contributed by atoms with Crippen molar-refractivity contribution in [2.75, 3.05) is 32.7 Å². The van der Waals surface area contributed by atoms with Gasteiger partial charge in [-0.25, -0.2) is 0 Å². The fraction of sp³-hybridized carbons (Fsp3) is 0.650. The van der Waals surface area contributed by atoms with Gasteiger partial charge in [-0.15, -0.1) is 24.8 Å². The number of benzene rings is 1. The summed E-state index contributed by atoms with van der Waals surface area (Å²) in [6.07, 6.45) is 2.49. The van der Waals surface area contributed by atoms with Gasteiger partial charge in [0.1, 0.15) is 0 Å². The molecule has 1 aromatic carbocycles. The molecule has 4 saturated heterocycles. The van der Waals surface area contributed by atoms with Crippen molar-refractivity contribution in [2.45, 2.75) is 25.4 Å². The minimum Gasteiger partial charge on any atom is -0.338 e. The molecule has 4 nitrogen and oxygen atoms in total. The lowest BCUT2D eigenvalue weighted by molar-refractivity contribution is -0.137. The molecule has 1 saturated carbocycles. The summed E-state index contributed by atoms with van der Waals surface area (Å²) in [6.45, 7) is 6.34. The zero-order valence-electron chi connectivity index (χ0n) is 15.0. The van der Waals surface area contributed by atoms with Gasteiger partial charge in [0.25, 0.3) is 0 Å². The highest BCUT2D eigenvalue weighted by Crippen LogP contribution is 2.50. The molecular formula is C20H29Cl2N3O. The molecule has 2 bridgehead atoms. The number of amides is 1. The van der Waals surface area contributed by atoms with Crippen LogP contribution < -0.4 is 5.32 Å². The number of carbonyl (C=O) groups is 1. The SMILES string of the molecule is Cl.Cl.O=C(C1[C@H]2CNC[C@@H]12)N1C[C@H]2CC[C@@H]1CN(Cc1ccccc1)C2. The van der Waals surface area contributed by atoms with E-state index in [0.717, 1.165) is 39.3 Å². The number of rotatable bonds is 3. The van der Waals surface area contributed by atoms with Gasteiger partial charge in [-0.3, -0.25) is 9.69 Å². The number of nitrogens with one attached hydrogen (secondary N) is 1. The number of nitrogens with zero attached hydrogens (tertiary/aromatic N) is 2. The Morgan fingerprint density at radius 3 is 2.46 bits per heavy atom. The van der Waals surface area contributed by atoms with Crippen LogP contribution in [0.15, 0.2) is 30.3 Å². The molecule has 6 heteroatoms. The molecule has 0 spiro atoms. The zero-order chi connectivity index (χ0) is 16.1. The van der Waals surface area contributed by atoms with Crippen LogP contribution in [0.1, 0.15) is 18.4 Å². The highest BCUT2D eigenvalue weighted by Gasteiger charge is 2.58. The van der Waals surface area contributed by atoms with E-state index in [1.165, 1.54) is 18.4 Å². The Morgan fingerprint density at radius 2 is 1.73 bits per heavy atom. The summed E-state index contributed by atoms with van der Waals surface area (Å²) in [7, 11) is 0. The summed E-state index contributed by atoms with van der Waals surface area (Å²) in [5, 5.41) is 3.41. The van der Waals surface area contributed by atoms with Crippen molar-refractivity contribution in [3.8, 4) is 0 Å². The Balaban J connectivity index is 0.000000980. The average Bonchev–Trinajstić information content (AvgIpc) is 3.21. The van der Waals surface area contributed by atoms with Gasteiger partial charge in [-0.2, -0.15) is 0 Å². The lowest BCUT2D eigenvalue weighted by atomic mass is 9.94. The first-order valence-electron chi connectivity index (χ1n) is 9.57. The van der Waals surface area contributed by atoms with Gasteiger partial charge in [0, 0.05) is 38.1 Å². The predicted octanol–water partition coefficient (Wildman–Crippen LogP) is 2.42. The van der Waals surface area contributed by atoms with E-state index in [2.05, 4.69) is 45.4 Å². The van der Waals surface area contributed by atoms with Gasteiger partial charge in [0.2, 0.25) is 5.91 Å². The van der Waals surface area contributed by atoms with Crippen LogP contribution in [0.5, 0.6) is 0 Å². The van der Waals surface area contributed by atoms with E-state index in [4.69, 9.17) is 0 Å². The molecule has 6 rings (SSSR count). The number of halogens is 2. The maximum absolute atomic E-state index is 13.1. The van der Waals surface area contributed by atoms with Gasteiger partial charge in [-0.1, -0.05) is 30.3 Å². The Labute approximate surface area is 168 Å². The molecule has 0 aromatic heterocycles. The van der Waals surface area contributed by atoms with Gasteiger partial charge in [0.15, 0.2) is 0 Å². The van der Waals surface area contributed by atoms with Gasteiger partial charge in [-0.05, 0) is 49.2 Å². The first-order valence-corrected chi connectivity index (χ1v) is 9.57. The van der Waals surface area contributed by atoms with Crippen molar-refractivity contribution < 1.29 is 4.79 Å². The highest BCUT2D eigenvalue weighted by atomic mass is 35.5. The Morgan fingerprint density at radius 1 is 1.00 bits per heavy atom. The minimum absolute atomic E-state index is 0. The lowest BCUT2D eigenvalue weighted by Gasteiger charge is -2.36. The van der Waals surface area contributed by atoms with Gasteiger partial charge < -0.3 is 10.2 Å². The third-order valence-corrected chi connectivity index (χ3v) is 6.70. The van der Waals surface area contributed by atoms with Crippen LogP contribution in [-0.4, -0.2) is 54.5 Å². The minimum atomic E-state index is 0. The molecule has 4 heterocycles.